The number of nitrogens with zero attached hydrogens (tertiary/aromatic N) is 2. The van der Waals surface area contributed by atoms with Crippen LogP contribution in [-0.4, -0.2) is 22.5 Å². The topological polar surface area (TPSA) is 125 Å². The number of hydrogen-bond donors (Lipinski definition) is 2. The summed E-state index contributed by atoms with van der Waals surface area (Å²) in [5, 5.41) is 29.1. The number of carbonyl (C=O) groups excluding carboxylic acids is 2. The summed E-state index contributed by atoms with van der Waals surface area (Å²) in [5.41, 5.74) is 1.69. The van der Waals surface area contributed by atoms with Gasteiger partial charge in [0, 0.05) is 22.5 Å². The second-order valence-corrected chi connectivity index (χ2v) is 9.90. The van der Waals surface area contributed by atoms with Crippen LogP contribution < -0.4 is 10.6 Å². The fraction of sp³-hybridized carbons (Fsp3) is 0.0690. The summed E-state index contributed by atoms with van der Waals surface area (Å²) in [7, 11) is 0. The predicted molar refractivity (Wildman–Crippen MR) is 155 cm³/mol. The molecule has 4 aromatic carbocycles. The quantitative estimate of drug-likeness (QED) is 0.0792. The van der Waals surface area contributed by atoms with Crippen molar-refractivity contribution in [2.45, 2.75) is 11.8 Å². The van der Waals surface area contributed by atoms with Gasteiger partial charge in [0.15, 0.2) is 0 Å². The molecule has 0 saturated heterocycles. The first-order valence-corrected chi connectivity index (χ1v) is 13.0. The van der Waals surface area contributed by atoms with Gasteiger partial charge in [-0.25, -0.2) is 0 Å². The van der Waals surface area contributed by atoms with E-state index in [1.807, 2.05) is 49.4 Å². The predicted octanol–water partition coefficient (Wildman–Crippen LogP) is 6.99. The number of nitro groups is 1. The number of aryl methyl sites for hydroxylation is 1. The van der Waals surface area contributed by atoms with Crippen molar-refractivity contribution in [3.05, 3.63) is 111 Å². The molecule has 194 valence electrons. The molecule has 10 heteroatoms. The highest BCUT2D eigenvalue weighted by atomic mass is 35.5. The Morgan fingerprint density at radius 1 is 1.00 bits per heavy atom. The van der Waals surface area contributed by atoms with E-state index in [-0.39, 0.29) is 27.8 Å². The second kappa shape index (κ2) is 12.3. The zero-order chi connectivity index (χ0) is 27.9. The lowest BCUT2D eigenvalue weighted by atomic mass is 10.1. The zero-order valence-electron chi connectivity index (χ0n) is 20.6. The van der Waals surface area contributed by atoms with Crippen molar-refractivity contribution in [2.24, 2.45) is 0 Å². The van der Waals surface area contributed by atoms with Gasteiger partial charge in [0.25, 0.3) is 11.6 Å². The van der Waals surface area contributed by atoms with E-state index in [0.29, 0.717) is 22.0 Å². The molecule has 0 atom stereocenters. The summed E-state index contributed by atoms with van der Waals surface area (Å²) in [6, 6.07) is 24.4. The molecule has 0 bridgehead atoms. The van der Waals surface area contributed by atoms with Crippen molar-refractivity contribution in [3.8, 4) is 6.07 Å². The number of nitro benzene ring substituents is 1. The van der Waals surface area contributed by atoms with Gasteiger partial charge in [-0.05, 0) is 65.2 Å². The van der Waals surface area contributed by atoms with E-state index in [1.54, 1.807) is 30.3 Å². The molecule has 0 heterocycles. The van der Waals surface area contributed by atoms with Crippen molar-refractivity contribution < 1.29 is 14.5 Å². The summed E-state index contributed by atoms with van der Waals surface area (Å²) in [6.07, 6.45) is 1.26. The third kappa shape index (κ3) is 7.02. The van der Waals surface area contributed by atoms with Crippen LogP contribution >= 0.6 is 23.4 Å². The first-order valence-electron chi connectivity index (χ1n) is 11.6. The van der Waals surface area contributed by atoms with Crippen LogP contribution in [0.15, 0.2) is 89.3 Å². The van der Waals surface area contributed by atoms with Gasteiger partial charge in [-0.15, -0.1) is 11.8 Å². The van der Waals surface area contributed by atoms with Crippen LogP contribution in [-0.2, 0) is 9.59 Å². The highest BCUT2D eigenvalue weighted by molar-refractivity contribution is 8.00. The van der Waals surface area contributed by atoms with Gasteiger partial charge in [0.1, 0.15) is 11.6 Å². The summed E-state index contributed by atoms with van der Waals surface area (Å²) < 4.78 is 0. The van der Waals surface area contributed by atoms with Gasteiger partial charge in [-0.2, -0.15) is 5.26 Å². The van der Waals surface area contributed by atoms with E-state index in [2.05, 4.69) is 10.6 Å². The molecule has 0 radical (unpaired) electrons. The highest BCUT2D eigenvalue weighted by Crippen LogP contribution is 2.31. The monoisotopic (exact) mass is 556 g/mol. The Labute approximate surface area is 233 Å². The average Bonchev–Trinajstić information content (AvgIpc) is 2.92. The Kier molecular flexibility index (Phi) is 8.61. The largest absolute Gasteiger partial charge is 0.325 e. The first kappa shape index (κ1) is 27.4. The fourth-order valence-electron chi connectivity index (χ4n) is 3.68. The molecule has 0 aromatic heterocycles. The number of hydrogen-bond acceptors (Lipinski definition) is 6. The molecule has 4 aromatic rings. The van der Waals surface area contributed by atoms with Gasteiger partial charge >= 0.3 is 0 Å². The molecule has 0 saturated carbocycles. The molecule has 0 aliphatic heterocycles. The molecule has 2 amide bonds. The van der Waals surface area contributed by atoms with E-state index in [1.165, 1.54) is 18.2 Å². The summed E-state index contributed by atoms with van der Waals surface area (Å²) in [4.78, 5) is 36.6. The number of amides is 2. The van der Waals surface area contributed by atoms with Crippen LogP contribution in [0.5, 0.6) is 0 Å². The molecule has 0 unspecified atom stereocenters. The maximum absolute atomic E-state index is 12.6. The second-order valence-electron chi connectivity index (χ2n) is 8.47. The van der Waals surface area contributed by atoms with E-state index in [9.17, 15) is 25.0 Å². The molecule has 0 fully saturated rings. The van der Waals surface area contributed by atoms with E-state index in [4.69, 9.17) is 11.6 Å². The van der Waals surface area contributed by atoms with Crippen molar-refractivity contribution in [1.29, 1.82) is 5.26 Å². The Bertz CT molecular complexity index is 1680. The highest BCUT2D eigenvalue weighted by Gasteiger charge is 2.18. The summed E-state index contributed by atoms with van der Waals surface area (Å²) in [5.74, 6) is -1.04. The lowest BCUT2D eigenvalue weighted by Gasteiger charge is -2.08. The van der Waals surface area contributed by atoms with Crippen molar-refractivity contribution in [1.82, 2.24) is 0 Å². The molecule has 2 N–H and O–H groups in total. The van der Waals surface area contributed by atoms with Gasteiger partial charge in [-0.3, -0.25) is 19.7 Å². The van der Waals surface area contributed by atoms with Crippen LogP contribution in [0.1, 0.15) is 11.1 Å². The number of carbonyl (C=O) groups is 2. The molecule has 0 spiro atoms. The lowest BCUT2D eigenvalue weighted by molar-refractivity contribution is -0.387. The first-order chi connectivity index (χ1) is 18.7. The third-order valence-electron chi connectivity index (χ3n) is 5.68. The number of halogens is 1. The van der Waals surface area contributed by atoms with Crippen molar-refractivity contribution in [2.75, 3.05) is 16.4 Å². The minimum Gasteiger partial charge on any atom is -0.325 e. The number of nitrogens with one attached hydrogen (secondary N) is 2. The Morgan fingerprint density at radius 2 is 1.72 bits per heavy atom. The normalized spacial score (nSPS) is 11.1. The summed E-state index contributed by atoms with van der Waals surface area (Å²) in [6.45, 7) is 1.82. The van der Waals surface area contributed by atoms with Crippen LogP contribution in [0.25, 0.3) is 16.8 Å². The van der Waals surface area contributed by atoms with Gasteiger partial charge < -0.3 is 10.6 Å². The third-order valence-corrected chi connectivity index (χ3v) is 7.15. The van der Waals surface area contributed by atoms with Gasteiger partial charge in [-0.1, -0.05) is 54.1 Å². The Hall–Kier alpha value is -4.65. The number of benzene rings is 4. The fourth-order valence-corrected chi connectivity index (χ4v) is 4.67. The van der Waals surface area contributed by atoms with Crippen LogP contribution in [0, 0.1) is 28.4 Å². The van der Waals surface area contributed by atoms with E-state index >= 15 is 0 Å². The minimum absolute atomic E-state index is 0.0478. The van der Waals surface area contributed by atoms with Crippen molar-refractivity contribution >= 4 is 69.1 Å². The SMILES string of the molecule is Cc1ccc(NC(=O)/C(C#N)=C/c2ccc(SCC(=O)Nc3ccc4ccccc4c3)c([N+](=O)[O-])c2)cc1Cl. The van der Waals surface area contributed by atoms with Crippen LogP contribution in [0.4, 0.5) is 17.1 Å². The number of nitriles is 1. The maximum Gasteiger partial charge on any atom is 0.283 e. The maximum atomic E-state index is 12.6. The molecule has 0 aliphatic rings. The van der Waals surface area contributed by atoms with Crippen LogP contribution in [0.3, 0.4) is 0 Å². The van der Waals surface area contributed by atoms with E-state index in [0.717, 1.165) is 28.1 Å². The minimum atomic E-state index is -0.677. The molecular formula is C29H21ClN4O4S. The zero-order valence-corrected chi connectivity index (χ0v) is 22.2. The number of thioether (sulfide) groups is 1. The van der Waals surface area contributed by atoms with Crippen molar-refractivity contribution in [3.63, 3.8) is 0 Å². The number of fused-ring (bicyclic) bond motifs is 1. The lowest BCUT2D eigenvalue weighted by Crippen LogP contribution is -2.14. The molecular weight excluding hydrogens is 536 g/mol. The Morgan fingerprint density at radius 3 is 2.44 bits per heavy atom. The standard InChI is InChI=1S/C29H21ClN4O4S/c1-18-6-9-24(15-25(18)30)33-29(36)22(16-31)12-19-7-11-27(26(13-19)34(37)38)39-17-28(35)32-23-10-8-20-4-2-3-5-21(20)14-23/h2-15H,17H2,1H3,(H,32,35)(H,33,36)/b22-12+. The smallest absolute Gasteiger partial charge is 0.283 e. The molecule has 4 rings (SSSR count). The molecule has 0 aliphatic carbocycles. The van der Waals surface area contributed by atoms with Gasteiger partial charge in [0.2, 0.25) is 5.91 Å². The van der Waals surface area contributed by atoms with Gasteiger partial charge in [0.05, 0.1) is 15.6 Å². The number of anilines is 2. The molecule has 8 nitrogen and oxygen atoms in total. The van der Waals surface area contributed by atoms with Crippen LogP contribution in [0.2, 0.25) is 5.02 Å². The number of rotatable bonds is 8. The Balaban J connectivity index is 1.45. The van der Waals surface area contributed by atoms with E-state index < -0.39 is 10.8 Å². The molecule has 39 heavy (non-hydrogen) atoms. The average molecular weight is 557 g/mol. The summed E-state index contributed by atoms with van der Waals surface area (Å²) >= 11 is 7.11.